The lowest BCUT2D eigenvalue weighted by Gasteiger charge is -2.05. The molecule has 12 heteroatoms. The van der Waals surface area contributed by atoms with E-state index in [2.05, 4.69) is 4.52 Å². The van der Waals surface area contributed by atoms with E-state index in [1.165, 1.54) is 0 Å². The summed E-state index contributed by atoms with van der Waals surface area (Å²) in [5.74, 6) is -0.121. The van der Waals surface area contributed by atoms with Gasteiger partial charge in [-0.05, 0) is 12.1 Å². The summed E-state index contributed by atoms with van der Waals surface area (Å²) in [7, 11) is -4.60. The summed E-state index contributed by atoms with van der Waals surface area (Å²) < 4.78 is 14.5. The first-order valence-electron chi connectivity index (χ1n) is 3.38. The summed E-state index contributed by atoms with van der Waals surface area (Å²) in [4.78, 5) is 26.4. The molecule has 0 aliphatic heterocycles. The van der Waals surface area contributed by atoms with Gasteiger partial charge in [0.15, 0.2) is 0 Å². The molecule has 10 N–H and O–H groups in total. The van der Waals surface area contributed by atoms with Crippen molar-refractivity contribution in [3.63, 3.8) is 0 Å². The quantitative estimate of drug-likeness (QED) is 0.354. The van der Waals surface area contributed by atoms with E-state index in [9.17, 15) is 14.7 Å². The number of non-ortho nitro benzene ring substituents is 1. The van der Waals surface area contributed by atoms with E-state index in [0.717, 1.165) is 24.3 Å². The lowest BCUT2D eigenvalue weighted by molar-refractivity contribution is -0.384. The average molecular weight is 291 g/mol. The third-order valence-electron chi connectivity index (χ3n) is 1.27. The van der Waals surface area contributed by atoms with Crippen molar-refractivity contribution in [1.29, 1.82) is 0 Å². The second-order valence-corrected chi connectivity index (χ2v) is 3.50. The van der Waals surface area contributed by atoms with Gasteiger partial charge in [0.25, 0.3) is 5.69 Å². The molecule has 0 aromatic heterocycles. The summed E-state index contributed by atoms with van der Waals surface area (Å²) in [6.07, 6.45) is 0. The third-order valence-corrected chi connectivity index (χ3v) is 1.72. The van der Waals surface area contributed by atoms with Gasteiger partial charge < -0.3 is 26.4 Å². The van der Waals surface area contributed by atoms with Gasteiger partial charge in [0.05, 0.1) is 4.92 Å². The van der Waals surface area contributed by atoms with Gasteiger partial charge in [-0.25, -0.2) is 4.57 Å². The van der Waals surface area contributed by atoms with Gasteiger partial charge in [0.1, 0.15) is 5.75 Å². The Morgan fingerprint density at radius 3 is 1.72 bits per heavy atom. The summed E-state index contributed by atoms with van der Waals surface area (Å²) in [6.45, 7) is 0. The van der Waals surface area contributed by atoms with Crippen LogP contribution in [0.3, 0.4) is 0 Å². The number of phosphoric acid groups is 1. The highest BCUT2D eigenvalue weighted by Crippen LogP contribution is 2.37. The van der Waals surface area contributed by atoms with Crippen molar-refractivity contribution in [2.24, 2.45) is 0 Å². The molecule has 1 rings (SSSR count). The number of rotatable bonds is 3. The number of nitro groups is 1. The van der Waals surface area contributed by atoms with Gasteiger partial charge in [-0.3, -0.25) is 19.9 Å². The molecule has 1 aromatic carbocycles. The first-order valence-corrected chi connectivity index (χ1v) is 4.91. The van der Waals surface area contributed by atoms with Crippen molar-refractivity contribution in [2.75, 3.05) is 0 Å². The Kier molecular flexibility index (Phi) is 13.3. The molecule has 0 fully saturated rings. The van der Waals surface area contributed by atoms with Gasteiger partial charge in [-0.2, -0.15) is 0 Å². The lowest BCUT2D eigenvalue weighted by Crippen LogP contribution is -1.91. The second kappa shape index (κ2) is 9.44. The first-order chi connectivity index (χ1) is 6.38. The smallest absolute Gasteiger partial charge is 0.412 e. The normalized spacial score (nSPS) is 8.56. The predicted octanol–water partition coefficient (Wildman–Crippen LogP) is -2.23. The molecule has 11 nitrogen and oxygen atoms in total. The third kappa shape index (κ3) is 8.55. The van der Waals surface area contributed by atoms with Crippen LogP contribution in [0, 0.1) is 10.1 Å². The Labute approximate surface area is 100 Å². The molecule has 18 heavy (non-hydrogen) atoms. The van der Waals surface area contributed by atoms with Crippen LogP contribution in [-0.2, 0) is 4.57 Å². The molecule has 0 spiro atoms. The zero-order valence-corrected chi connectivity index (χ0v) is 9.63. The Morgan fingerprint density at radius 2 is 1.44 bits per heavy atom. The highest BCUT2D eigenvalue weighted by molar-refractivity contribution is 7.46. The van der Waals surface area contributed by atoms with Crippen LogP contribution in [0.1, 0.15) is 0 Å². The molecule has 0 saturated heterocycles. The van der Waals surface area contributed by atoms with Crippen LogP contribution in [0.25, 0.3) is 0 Å². The van der Waals surface area contributed by atoms with E-state index in [4.69, 9.17) is 9.79 Å². The standard InChI is InChI=1S/C6H6NO6P.4H2O/c8-7(9)5-1-3-6(4-2-5)13-14(10,11)12;;;;/h1-4H,(H2,10,11,12);4*1H2. The fourth-order valence-corrected chi connectivity index (χ4v) is 1.16. The molecule has 0 unspecified atom stereocenters. The molecule has 108 valence electrons. The number of hydrogen-bond acceptors (Lipinski definition) is 4. The van der Waals surface area contributed by atoms with Crippen LogP contribution < -0.4 is 4.52 Å². The Balaban J connectivity index is -0.000000245. The van der Waals surface area contributed by atoms with Crippen LogP contribution in [0.15, 0.2) is 24.3 Å². The van der Waals surface area contributed by atoms with Gasteiger partial charge in [0, 0.05) is 12.1 Å². The average Bonchev–Trinajstić information content (AvgIpc) is 2.02. The van der Waals surface area contributed by atoms with E-state index in [1.807, 2.05) is 0 Å². The minimum Gasteiger partial charge on any atom is -0.412 e. The van der Waals surface area contributed by atoms with E-state index in [1.54, 1.807) is 0 Å². The zero-order chi connectivity index (χ0) is 10.8. The Hall–Kier alpha value is -1.59. The second-order valence-electron chi connectivity index (χ2n) is 2.33. The first kappa shape index (κ1) is 25.3. The van der Waals surface area contributed by atoms with Crippen molar-refractivity contribution in [1.82, 2.24) is 0 Å². The number of hydrogen-bond donors (Lipinski definition) is 2. The van der Waals surface area contributed by atoms with Crippen molar-refractivity contribution >= 4 is 13.5 Å². The van der Waals surface area contributed by atoms with Crippen molar-refractivity contribution in [2.45, 2.75) is 0 Å². The van der Waals surface area contributed by atoms with E-state index < -0.39 is 12.7 Å². The molecule has 0 aliphatic carbocycles. The summed E-state index contributed by atoms with van der Waals surface area (Å²) in [5, 5.41) is 10.2. The highest BCUT2D eigenvalue weighted by atomic mass is 31.2. The molecule has 0 amide bonds. The molecule has 1 aromatic rings. The molecule has 0 saturated carbocycles. The number of benzene rings is 1. The van der Waals surface area contributed by atoms with Crippen molar-refractivity contribution < 1.29 is 45.7 Å². The molecule has 0 aliphatic rings. The maximum Gasteiger partial charge on any atom is 0.524 e. The van der Waals surface area contributed by atoms with E-state index >= 15 is 0 Å². The lowest BCUT2D eigenvalue weighted by atomic mass is 10.3. The topological polar surface area (TPSA) is 236 Å². The van der Waals surface area contributed by atoms with Gasteiger partial charge in [0.2, 0.25) is 0 Å². The van der Waals surface area contributed by atoms with Crippen molar-refractivity contribution in [3.8, 4) is 5.75 Å². The number of nitrogens with zero attached hydrogens (tertiary/aromatic N) is 1. The van der Waals surface area contributed by atoms with Gasteiger partial charge in [-0.1, -0.05) is 0 Å². The van der Waals surface area contributed by atoms with Crippen LogP contribution in [-0.4, -0.2) is 36.6 Å². The summed E-state index contributed by atoms with van der Waals surface area (Å²) in [5.41, 5.74) is -0.178. The number of phosphoric ester groups is 1. The molecule has 0 bridgehead atoms. The van der Waals surface area contributed by atoms with Crippen LogP contribution in [0.4, 0.5) is 5.69 Å². The fourth-order valence-electron chi connectivity index (χ4n) is 0.766. The maximum atomic E-state index is 10.4. The zero-order valence-electron chi connectivity index (χ0n) is 8.73. The summed E-state index contributed by atoms with van der Waals surface area (Å²) >= 11 is 0. The summed E-state index contributed by atoms with van der Waals surface area (Å²) in [6, 6.07) is 4.39. The Morgan fingerprint density at radius 1 is 1.06 bits per heavy atom. The monoisotopic (exact) mass is 291 g/mol. The van der Waals surface area contributed by atoms with Crippen LogP contribution >= 0.6 is 7.82 Å². The Bertz CT molecular complexity index is 386. The minimum absolute atomic E-state index is 0. The molecule has 0 heterocycles. The largest absolute Gasteiger partial charge is 0.524 e. The molecule has 0 radical (unpaired) electrons. The van der Waals surface area contributed by atoms with Crippen molar-refractivity contribution in [3.05, 3.63) is 34.4 Å². The number of nitro benzene ring substituents is 1. The van der Waals surface area contributed by atoms with Gasteiger partial charge in [-0.15, -0.1) is 0 Å². The maximum absolute atomic E-state index is 10.4. The van der Waals surface area contributed by atoms with Crippen LogP contribution in [0.5, 0.6) is 5.75 Å². The SMILES string of the molecule is O.O.O.O.O=[N+]([O-])c1ccc(OP(=O)(O)O)cc1. The molecular formula is C6H14NO10P. The fraction of sp³-hybridized carbons (Fsp3) is 0. The van der Waals surface area contributed by atoms with Crippen LogP contribution in [0.2, 0.25) is 0 Å². The van der Waals surface area contributed by atoms with Gasteiger partial charge >= 0.3 is 7.82 Å². The van der Waals surface area contributed by atoms with E-state index in [0.29, 0.717) is 0 Å². The van der Waals surface area contributed by atoms with E-state index in [-0.39, 0.29) is 33.3 Å². The molecule has 0 atom stereocenters. The molecular weight excluding hydrogens is 277 g/mol. The predicted molar refractivity (Wildman–Crippen MR) is 60.2 cm³/mol. The highest BCUT2D eigenvalue weighted by Gasteiger charge is 2.16. The minimum atomic E-state index is -4.60.